The largest absolute Gasteiger partial charge is 0.294 e. The Labute approximate surface area is 123 Å². The molecule has 2 rings (SSSR count). The third-order valence-corrected chi connectivity index (χ3v) is 3.84. The molecule has 0 N–H and O–H groups in total. The summed E-state index contributed by atoms with van der Waals surface area (Å²) in [5.41, 5.74) is 2.77. The fourth-order valence-electron chi connectivity index (χ4n) is 2.96. The summed E-state index contributed by atoms with van der Waals surface area (Å²) in [6.45, 7) is 8.95. The number of fused-ring (bicyclic) bond motifs is 1. The van der Waals surface area contributed by atoms with Gasteiger partial charge in [-0.15, -0.1) is 0 Å². The van der Waals surface area contributed by atoms with Gasteiger partial charge in [-0.1, -0.05) is 37.6 Å². The van der Waals surface area contributed by atoms with Gasteiger partial charge in [0.1, 0.15) is 0 Å². The third-order valence-electron chi connectivity index (χ3n) is 3.84. The van der Waals surface area contributed by atoms with E-state index in [9.17, 15) is 14.9 Å². The van der Waals surface area contributed by atoms with E-state index in [1.165, 1.54) is 6.92 Å². The molecule has 0 saturated heterocycles. The van der Waals surface area contributed by atoms with Gasteiger partial charge < -0.3 is 0 Å². The molecule has 0 aromatic heterocycles. The van der Waals surface area contributed by atoms with E-state index in [1.807, 2.05) is 39.0 Å². The summed E-state index contributed by atoms with van der Waals surface area (Å²) in [4.78, 5) is 23.3. The number of rotatable bonds is 3. The van der Waals surface area contributed by atoms with Crippen LogP contribution in [-0.4, -0.2) is 10.7 Å². The van der Waals surface area contributed by atoms with Crippen LogP contribution < -0.4 is 0 Å². The van der Waals surface area contributed by atoms with Crippen molar-refractivity contribution >= 4 is 22.2 Å². The van der Waals surface area contributed by atoms with Gasteiger partial charge in [-0.25, -0.2) is 0 Å². The van der Waals surface area contributed by atoms with Crippen molar-refractivity contribution in [1.82, 2.24) is 0 Å². The third kappa shape index (κ3) is 2.42. The molecule has 0 heterocycles. The summed E-state index contributed by atoms with van der Waals surface area (Å²) in [6.07, 6.45) is 0. The molecule has 21 heavy (non-hydrogen) atoms. The van der Waals surface area contributed by atoms with E-state index in [0.29, 0.717) is 16.7 Å². The van der Waals surface area contributed by atoms with Crippen molar-refractivity contribution in [3.63, 3.8) is 0 Å². The summed E-state index contributed by atoms with van der Waals surface area (Å²) >= 11 is 0. The zero-order valence-corrected chi connectivity index (χ0v) is 13.0. The first kappa shape index (κ1) is 15.2. The highest BCUT2D eigenvalue weighted by atomic mass is 16.6. The lowest BCUT2D eigenvalue weighted by molar-refractivity contribution is -0.386. The van der Waals surface area contributed by atoms with Gasteiger partial charge in [0.05, 0.1) is 4.92 Å². The fourth-order valence-corrected chi connectivity index (χ4v) is 2.96. The molecule has 0 unspecified atom stereocenters. The van der Waals surface area contributed by atoms with Gasteiger partial charge in [0.2, 0.25) is 0 Å². The lowest BCUT2D eigenvalue weighted by Gasteiger charge is -2.17. The Morgan fingerprint density at radius 3 is 2.29 bits per heavy atom. The van der Waals surface area contributed by atoms with E-state index >= 15 is 0 Å². The highest BCUT2D eigenvalue weighted by molar-refractivity contribution is 6.11. The predicted molar refractivity (Wildman–Crippen MR) is 84.2 cm³/mol. The van der Waals surface area contributed by atoms with Crippen molar-refractivity contribution < 1.29 is 9.72 Å². The van der Waals surface area contributed by atoms with E-state index in [1.54, 1.807) is 6.92 Å². The Morgan fingerprint density at radius 1 is 1.19 bits per heavy atom. The lowest BCUT2D eigenvalue weighted by Crippen LogP contribution is -2.09. The molecule has 4 nitrogen and oxygen atoms in total. The summed E-state index contributed by atoms with van der Waals surface area (Å²) < 4.78 is 0. The maximum absolute atomic E-state index is 12.2. The molecule has 0 atom stereocenters. The van der Waals surface area contributed by atoms with E-state index in [-0.39, 0.29) is 22.3 Å². The number of Topliss-reactive ketones (excluding diaryl/α,β-unsaturated/α-hetero) is 1. The topological polar surface area (TPSA) is 60.2 Å². The minimum atomic E-state index is -0.365. The lowest BCUT2D eigenvalue weighted by atomic mass is 9.85. The van der Waals surface area contributed by atoms with Crippen molar-refractivity contribution in [1.29, 1.82) is 0 Å². The number of ketones is 1. The zero-order chi connectivity index (χ0) is 15.9. The van der Waals surface area contributed by atoms with Crippen LogP contribution in [0.15, 0.2) is 18.2 Å². The molecule has 0 aliphatic carbocycles. The predicted octanol–water partition coefficient (Wildman–Crippen LogP) is 4.69. The molecule has 0 fully saturated rings. The Morgan fingerprint density at radius 2 is 1.81 bits per heavy atom. The number of aryl methyl sites for hydroxylation is 2. The van der Waals surface area contributed by atoms with E-state index in [0.717, 1.165) is 16.3 Å². The number of carbonyl (C=O) groups is 1. The van der Waals surface area contributed by atoms with Crippen LogP contribution in [0, 0.1) is 24.0 Å². The van der Waals surface area contributed by atoms with Crippen LogP contribution in [-0.2, 0) is 0 Å². The highest BCUT2D eigenvalue weighted by Gasteiger charge is 2.28. The molecule has 0 saturated carbocycles. The smallest absolute Gasteiger partial charge is 0.277 e. The number of benzene rings is 2. The van der Waals surface area contributed by atoms with Gasteiger partial charge in [-0.05, 0) is 37.5 Å². The van der Waals surface area contributed by atoms with E-state index in [2.05, 4.69) is 0 Å². The molecular formula is C17H19NO3. The number of hydrogen-bond donors (Lipinski definition) is 0. The second-order valence-corrected chi connectivity index (χ2v) is 5.78. The normalized spacial score (nSPS) is 11.1. The molecule has 0 spiro atoms. The second-order valence-electron chi connectivity index (χ2n) is 5.78. The molecule has 2 aromatic carbocycles. The molecule has 0 amide bonds. The number of hydrogen-bond acceptors (Lipinski definition) is 3. The molecule has 0 radical (unpaired) electrons. The van der Waals surface area contributed by atoms with Gasteiger partial charge in [0, 0.05) is 16.7 Å². The van der Waals surface area contributed by atoms with Crippen LogP contribution in [0.25, 0.3) is 10.8 Å². The zero-order valence-electron chi connectivity index (χ0n) is 13.0. The molecule has 110 valence electrons. The summed E-state index contributed by atoms with van der Waals surface area (Å²) in [7, 11) is 0. The first-order chi connectivity index (χ1) is 9.75. The van der Waals surface area contributed by atoms with Crippen molar-refractivity contribution in [2.45, 2.75) is 40.5 Å². The SMILES string of the molecule is CC(=O)c1c(C(C)C)c([N+](=O)[O-])c(C)c2ccc(C)cc12. The molecule has 0 aliphatic rings. The van der Waals surface area contributed by atoms with Gasteiger partial charge >= 0.3 is 0 Å². The van der Waals surface area contributed by atoms with Crippen LogP contribution in [0.4, 0.5) is 5.69 Å². The average Bonchev–Trinajstić information content (AvgIpc) is 2.36. The maximum Gasteiger partial charge on any atom is 0.277 e. The first-order valence-electron chi connectivity index (χ1n) is 6.97. The minimum Gasteiger partial charge on any atom is -0.294 e. The van der Waals surface area contributed by atoms with Crippen LogP contribution in [0.2, 0.25) is 0 Å². The molecule has 0 bridgehead atoms. The number of nitro benzene ring substituents is 1. The summed E-state index contributed by atoms with van der Waals surface area (Å²) in [5.74, 6) is -0.217. The highest BCUT2D eigenvalue weighted by Crippen LogP contribution is 2.39. The quantitative estimate of drug-likeness (QED) is 0.467. The van der Waals surface area contributed by atoms with Crippen LogP contribution in [0.1, 0.15) is 53.7 Å². The Kier molecular flexibility index (Phi) is 3.81. The standard InChI is InChI=1S/C17H19NO3/c1-9(2)15-16(12(5)19)14-8-10(3)6-7-13(14)11(4)17(15)18(20)21/h6-9H,1-5H3. The number of nitro groups is 1. The van der Waals surface area contributed by atoms with E-state index in [4.69, 9.17) is 0 Å². The molecule has 2 aromatic rings. The van der Waals surface area contributed by atoms with Gasteiger partial charge in [0.15, 0.2) is 5.78 Å². The Balaban J connectivity index is 3.13. The fraction of sp³-hybridized carbons (Fsp3) is 0.353. The Bertz CT molecular complexity index is 760. The second kappa shape index (κ2) is 5.28. The van der Waals surface area contributed by atoms with Crippen molar-refractivity contribution in [3.05, 3.63) is 50.6 Å². The summed E-state index contributed by atoms with van der Waals surface area (Å²) in [6, 6.07) is 5.72. The minimum absolute atomic E-state index is 0.0755. The van der Waals surface area contributed by atoms with Crippen LogP contribution in [0.5, 0.6) is 0 Å². The number of carbonyl (C=O) groups excluding carboxylic acids is 1. The van der Waals surface area contributed by atoms with Crippen molar-refractivity contribution in [3.8, 4) is 0 Å². The van der Waals surface area contributed by atoms with Crippen LogP contribution >= 0.6 is 0 Å². The maximum atomic E-state index is 12.2. The average molecular weight is 285 g/mol. The Hall–Kier alpha value is -2.23. The molecule has 4 heteroatoms. The van der Waals surface area contributed by atoms with Crippen molar-refractivity contribution in [2.24, 2.45) is 0 Å². The van der Waals surface area contributed by atoms with Crippen LogP contribution in [0.3, 0.4) is 0 Å². The van der Waals surface area contributed by atoms with Gasteiger partial charge in [-0.2, -0.15) is 0 Å². The molecule has 0 aliphatic heterocycles. The van der Waals surface area contributed by atoms with Gasteiger partial charge in [0.25, 0.3) is 5.69 Å². The number of nitrogens with zero attached hydrogens (tertiary/aromatic N) is 1. The van der Waals surface area contributed by atoms with Gasteiger partial charge in [-0.3, -0.25) is 14.9 Å². The summed E-state index contributed by atoms with van der Waals surface area (Å²) in [5, 5.41) is 13.1. The van der Waals surface area contributed by atoms with Crippen molar-refractivity contribution in [2.75, 3.05) is 0 Å². The van der Waals surface area contributed by atoms with E-state index < -0.39 is 0 Å². The molecular weight excluding hydrogens is 266 g/mol. The monoisotopic (exact) mass is 285 g/mol. The first-order valence-corrected chi connectivity index (χ1v) is 6.97.